The summed E-state index contributed by atoms with van der Waals surface area (Å²) in [6.07, 6.45) is 0.982. The van der Waals surface area contributed by atoms with Crippen LogP contribution in [0.25, 0.3) is 21.5 Å². The smallest absolute Gasteiger partial charge is 0.00253 e. The Morgan fingerprint density at radius 3 is 1.33 bits per heavy atom. The van der Waals surface area contributed by atoms with Crippen LogP contribution in [0.4, 0.5) is 0 Å². The second-order valence-electron chi connectivity index (χ2n) is 5.54. The lowest BCUT2D eigenvalue weighted by molar-refractivity contribution is 1.21. The number of fused-ring (bicyclic) bond motifs is 2. The average molecular weight is 268 g/mol. The van der Waals surface area contributed by atoms with Crippen molar-refractivity contribution in [1.82, 2.24) is 0 Å². The molecule has 21 heavy (non-hydrogen) atoms. The van der Waals surface area contributed by atoms with Gasteiger partial charge in [0.25, 0.3) is 0 Å². The van der Waals surface area contributed by atoms with Crippen LogP contribution in [0.2, 0.25) is 0 Å². The summed E-state index contributed by atoms with van der Waals surface area (Å²) in [6.45, 7) is 0. The summed E-state index contributed by atoms with van der Waals surface area (Å²) in [5.74, 6) is 0. The van der Waals surface area contributed by atoms with E-state index in [9.17, 15) is 0 Å². The van der Waals surface area contributed by atoms with Crippen LogP contribution in [0.15, 0.2) is 84.9 Å². The van der Waals surface area contributed by atoms with Crippen LogP contribution in [0.5, 0.6) is 0 Å². The number of rotatable bonds is 2. The maximum Gasteiger partial charge on any atom is -0.00253 e. The topological polar surface area (TPSA) is 0 Å². The zero-order valence-corrected chi connectivity index (χ0v) is 11.8. The van der Waals surface area contributed by atoms with E-state index in [-0.39, 0.29) is 0 Å². The molecule has 0 aliphatic rings. The molecule has 0 aliphatic heterocycles. The molecular weight excluding hydrogens is 252 g/mol. The molecule has 0 unspecified atom stereocenters. The molecule has 4 rings (SSSR count). The molecule has 100 valence electrons. The fraction of sp³-hybridized carbons (Fsp3) is 0.0476. The minimum Gasteiger partial charge on any atom is -0.0616 e. The van der Waals surface area contributed by atoms with Crippen molar-refractivity contribution in [3.63, 3.8) is 0 Å². The van der Waals surface area contributed by atoms with Crippen molar-refractivity contribution >= 4 is 21.5 Å². The van der Waals surface area contributed by atoms with Gasteiger partial charge in [0.05, 0.1) is 0 Å². The molecule has 0 radical (unpaired) electrons. The first kappa shape index (κ1) is 12.2. The minimum atomic E-state index is 0.982. The van der Waals surface area contributed by atoms with Gasteiger partial charge in [0.15, 0.2) is 0 Å². The van der Waals surface area contributed by atoms with E-state index in [1.165, 1.54) is 32.7 Å². The number of benzene rings is 4. The van der Waals surface area contributed by atoms with E-state index in [2.05, 4.69) is 84.9 Å². The molecule has 0 saturated carbocycles. The molecule has 0 bridgehead atoms. The first-order valence-electron chi connectivity index (χ1n) is 7.34. The highest BCUT2D eigenvalue weighted by atomic mass is 14.0. The highest BCUT2D eigenvalue weighted by Gasteiger charge is 2.00. The molecule has 0 aromatic heterocycles. The fourth-order valence-electron chi connectivity index (χ4n) is 2.93. The molecule has 0 amide bonds. The van der Waals surface area contributed by atoms with Crippen LogP contribution in [0.3, 0.4) is 0 Å². The predicted octanol–water partition coefficient (Wildman–Crippen LogP) is 5.58. The van der Waals surface area contributed by atoms with Crippen LogP contribution in [0.1, 0.15) is 11.1 Å². The minimum absolute atomic E-state index is 0.982. The Labute approximate surface area is 124 Å². The van der Waals surface area contributed by atoms with Crippen molar-refractivity contribution < 1.29 is 0 Å². The van der Waals surface area contributed by atoms with Crippen molar-refractivity contribution in [2.24, 2.45) is 0 Å². The van der Waals surface area contributed by atoms with E-state index in [1.54, 1.807) is 0 Å². The van der Waals surface area contributed by atoms with E-state index >= 15 is 0 Å². The van der Waals surface area contributed by atoms with E-state index in [1.807, 2.05) is 0 Å². The number of hydrogen-bond donors (Lipinski definition) is 0. The van der Waals surface area contributed by atoms with Gasteiger partial charge in [-0.15, -0.1) is 0 Å². The highest BCUT2D eigenvalue weighted by molar-refractivity contribution is 5.84. The van der Waals surface area contributed by atoms with Gasteiger partial charge in [0.2, 0.25) is 0 Å². The lowest BCUT2D eigenvalue weighted by Crippen LogP contribution is -1.88. The summed E-state index contributed by atoms with van der Waals surface area (Å²) < 4.78 is 0. The van der Waals surface area contributed by atoms with Crippen LogP contribution in [-0.4, -0.2) is 0 Å². The summed E-state index contributed by atoms with van der Waals surface area (Å²) in [5, 5.41) is 5.24. The van der Waals surface area contributed by atoms with E-state index in [0.29, 0.717) is 0 Å². The molecule has 0 heteroatoms. The Kier molecular flexibility index (Phi) is 2.93. The quantitative estimate of drug-likeness (QED) is 0.445. The van der Waals surface area contributed by atoms with Gasteiger partial charge < -0.3 is 0 Å². The molecule has 0 atom stereocenters. The molecular formula is C21H16. The third-order valence-electron chi connectivity index (χ3n) is 4.04. The first-order chi connectivity index (χ1) is 10.4. The molecule has 0 fully saturated rings. The average Bonchev–Trinajstić information content (AvgIpc) is 2.55. The van der Waals surface area contributed by atoms with Gasteiger partial charge in [-0.1, -0.05) is 84.9 Å². The van der Waals surface area contributed by atoms with Gasteiger partial charge >= 0.3 is 0 Å². The standard InChI is InChI=1S/C21H16/c1-3-7-20-14-16(9-11-18(20)5-1)13-17-10-12-19-6-2-4-8-21(19)15-17/h1-12,14-15H,13H2. The van der Waals surface area contributed by atoms with Gasteiger partial charge in [0.1, 0.15) is 0 Å². The van der Waals surface area contributed by atoms with Crippen LogP contribution < -0.4 is 0 Å². The zero-order chi connectivity index (χ0) is 14.1. The number of hydrogen-bond acceptors (Lipinski definition) is 0. The largest absolute Gasteiger partial charge is 0.0616 e. The summed E-state index contributed by atoms with van der Waals surface area (Å²) in [5.41, 5.74) is 2.73. The monoisotopic (exact) mass is 268 g/mol. The summed E-state index contributed by atoms with van der Waals surface area (Å²) in [6, 6.07) is 30.5. The normalized spacial score (nSPS) is 11.0. The molecule has 0 spiro atoms. The van der Waals surface area contributed by atoms with Crippen LogP contribution >= 0.6 is 0 Å². The summed E-state index contributed by atoms with van der Waals surface area (Å²) >= 11 is 0. The Bertz CT molecular complexity index is 842. The lowest BCUT2D eigenvalue weighted by atomic mass is 9.99. The van der Waals surface area contributed by atoms with Gasteiger partial charge in [-0.3, -0.25) is 0 Å². The molecule has 0 aliphatic carbocycles. The van der Waals surface area contributed by atoms with Crippen molar-refractivity contribution in [2.75, 3.05) is 0 Å². The molecule has 4 aromatic carbocycles. The van der Waals surface area contributed by atoms with Gasteiger partial charge in [-0.2, -0.15) is 0 Å². The van der Waals surface area contributed by atoms with Crippen molar-refractivity contribution in [1.29, 1.82) is 0 Å². The summed E-state index contributed by atoms with van der Waals surface area (Å²) in [4.78, 5) is 0. The third-order valence-corrected chi connectivity index (χ3v) is 4.04. The Morgan fingerprint density at radius 1 is 0.429 bits per heavy atom. The van der Waals surface area contributed by atoms with Gasteiger partial charge in [-0.05, 0) is 39.1 Å². The molecule has 4 aromatic rings. The van der Waals surface area contributed by atoms with Gasteiger partial charge in [0, 0.05) is 0 Å². The zero-order valence-electron chi connectivity index (χ0n) is 11.8. The van der Waals surface area contributed by atoms with Crippen LogP contribution in [-0.2, 0) is 6.42 Å². The second kappa shape index (κ2) is 5.06. The first-order valence-corrected chi connectivity index (χ1v) is 7.34. The summed E-state index contributed by atoms with van der Waals surface area (Å²) in [7, 11) is 0. The van der Waals surface area contributed by atoms with E-state index in [4.69, 9.17) is 0 Å². The molecule has 0 heterocycles. The van der Waals surface area contributed by atoms with E-state index in [0.717, 1.165) is 6.42 Å². The van der Waals surface area contributed by atoms with Crippen molar-refractivity contribution in [3.05, 3.63) is 96.1 Å². The molecule has 0 nitrogen and oxygen atoms in total. The van der Waals surface area contributed by atoms with E-state index < -0.39 is 0 Å². The lowest BCUT2D eigenvalue weighted by Gasteiger charge is -2.06. The molecule has 0 saturated heterocycles. The van der Waals surface area contributed by atoms with Crippen molar-refractivity contribution in [2.45, 2.75) is 6.42 Å². The predicted molar refractivity (Wildman–Crippen MR) is 90.7 cm³/mol. The maximum atomic E-state index is 2.30. The Hall–Kier alpha value is -2.60. The van der Waals surface area contributed by atoms with Crippen LogP contribution in [0, 0.1) is 0 Å². The highest BCUT2D eigenvalue weighted by Crippen LogP contribution is 2.21. The Balaban J connectivity index is 1.71. The fourth-order valence-corrected chi connectivity index (χ4v) is 2.93. The molecule has 0 N–H and O–H groups in total. The maximum absolute atomic E-state index is 2.30. The second-order valence-corrected chi connectivity index (χ2v) is 5.54. The van der Waals surface area contributed by atoms with Gasteiger partial charge in [-0.25, -0.2) is 0 Å². The van der Waals surface area contributed by atoms with Crippen molar-refractivity contribution in [3.8, 4) is 0 Å². The third kappa shape index (κ3) is 2.41. The SMILES string of the molecule is c1ccc2cc(Cc3ccc4ccccc4c3)ccc2c1. The Morgan fingerprint density at radius 2 is 0.857 bits per heavy atom.